The second-order valence-corrected chi connectivity index (χ2v) is 7.23. The highest BCUT2D eigenvalue weighted by Crippen LogP contribution is 2.48. The third-order valence-electron chi connectivity index (χ3n) is 4.76. The molecule has 1 aromatic carbocycles. The zero-order chi connectivity index (χ0) is 16.5. The smallest absolute Gasteiger partial charge is 0.324 e. The van der Waals surface area contributed by atoms with Crippen LogP contribution in [0, 0.1) is 0 Å². The van der Waals surface area contributed by atoms with E-state index in [2.05, 4.69) is 27.7 Å². The van der Waals surface area contributed by atoms with Gasteiger partial charge in [0.25, 0.3) is 0 Å². The van der Waals surface area contributed by atoms with Gasteiger partial charge in [-0.25, -0.2) is 0 Å². The Morgan fingerprint density at radius 2 is 1.95 bits per heavy atom. The second-order valence-electron chi connectivity index (χ2n) is 7.23. The van der Waals surface area contributed by atoms with Crippen LogP contribution in [-0.4, -0.2) is 27.2 Å². The lowest BCUT2D eigenvalue weighted by Crippen LogP contribution is -2.61. The number of hydrogen-bond acceptors (Lipinski definition) is 4. The fourth-order valence-corrected chi connectivity index (χ4v) is 3.60. The summed E-state index contributed by atoms with van der Waals surface area (Å²) in [5.41, 5.74) is 0.293. The number of phenols is 1. The molecular weight excluding hydrogens is 278 g/mol. The lowest BCUT2D eigenvalue weighted by molar-refractivity contribution is -0.270. The van der Waals surface area contributed by atoms with E-state index in [1.807, 2.05) is 23.3 Å². The lowest BCUT2D eigenvalue weighted by atomic mass is 9.71. The molecule has 0 aliphatic carbocycles. The van der Waals surface area contributed by atoms with Crippen LogP contribution in [0.3, 0.4) is 0 Å². The van der Waals surface area contributed by atoms with Crippen LogP contribution in [0.2, 0.25) is 0 Å². The zero-order valence-electron chi connectivity index (χ0n) is 14.2. The minimum absolute atomic E-state index is 0.103. The molecule has 1 unspecified atom stereocenters. The Balaban J connectivity index is 2.39. The molecule has 1 aromatic rings. The van der Waals surface area contributed by atoms with E-state index in [1.54, 1.807) is 13.0 Å². The lowest BCUT2D eigenvalue weighted by Gasteiger charge is -2.54. The average molecular weight is 305 g/mol. The maximum Gasteiger partial charge on any atom is 0.324 e. The quantitative estimate of drug-likeness (QED) is 0.917. The number of phenolic OH excluding ortho intramolecular Hbond substituents is 1. The summed E-state index contributed by atoms with van der Waals surface area (Å²) in [7, 11) is 0. The molecule has 1 saturated heterocycles. The van der Waals surface area contributed by atoms with Crippen molar-refractivity contribution in [3.8, 4) is 5.75 Å². The third-order valence-corrected chi connectivity index (χ3v) is 4.76. The molecule has 2 rings (SSSR count). The van der Waals surface area contributed by atoms with E-state index in [0.717, 1.165) is 18.4 Å². The van der Waals surface area contributed by atoms with Crippen LogP contribution in [0.5, 0.6) is 5.75 Å². The van der Waals surface area contributed by atoms with Crippen molar-refractivity contribution < 1.29 is 14.7 Å². The predicted octanol–water partition coefficient (Wildman–Crippen LogP) is 4.00. The number of benzene rings is 1. The van der Waals surface area contributed by atoms with Gasteiger partial charge in [-0.05, 0) is 52.2 Å². The fourth-order valence-electron chi connectivity index (χ4n) is 3.60. The Morgan fingerprint density at radius 3 is 2.55 bits per heavy atom. The predicted molar refractivity (Wildman–Crippen MR) is 86.5 cm³/mol. The molecule has 22 heavy (non-hydrogen) atoms. The van der Waals surface area contributed by atoms with Gasteiger partial charge in [0.05, 0.1) is 11.1 Å². The van der Waals surface area contributed by atoms with Gasteiger partial charge in [0.2, 0.25) is 0 Å². The van der Waals surface area contributed by atoms with E-state index in [9.17, 15) is 9.90 Å². The Labute approximate surface area is 133 Å². The zero-order valence-corrected chi connectivity index (χ0v) is 14.2. The first-order valence-corrected chi connectivity index (χ1v) is 7.99. The Hall–Kier alpha value is -1.55. The number of carbonyl (C=O) groups excluding carboxylic acids is 1. The van der Waals surface area contributed by atoms with E-state index in [0.29, 0.717) is 12.2 Å². The van der Waals surface area contributed by atoms with E-state index in [4.69, 9.17) is 4.84 Å². The average Bonchev–Trinajstić information content (AvgIpc) is 2.44. The first kappa shape index (κ1) is 16.8. The molecule has 122 valence electrons. The van der Waals surface area contributed by atoms with E-state index in [1.165, 1.54) is 0 Å². The topological polar surface area (TPSA) is 49.8 Å². The summed E-state index contributed by atoms with van der Waals surface area (Å²) in [4.78, 5) is 17.5. The number of aromatic hydroxyl groups is 1. The number of piperidine rings is 1. The van der Waals surface area contributed by atoms with Crippen molar-refractivity contribution in [2.75, 3.05) is 0 Å². The fraction of sp³-hybridized carbons (Fsp3) is 0.611. The van der Waals surface area contributed by atoms with Crippen molar-refractivity contribution in [3.63, 3.8) is 0 Å². The summed E-state index contributed by atoms with van der Waals surface area (Å²) in [6.45, 7) is 10.1. The van der Waals surface area contributed by atoms with Gasteiger partial charge in [0.1, 0.15) is 5.75 Å². The molecule has 1 heterocycles. The highest BCUT2D eigenvalue weighted by atomic mass is 16.7. The van der Waals surface area contributed by atoms with E-state index >= 15 is 0 Å². The van der Waals surface area contributed by atoms with E-state index in [-0.39, 0.29) is 17.4 Å². The second kappa shape index (κ2) is 5.92. The number of hydroxylamine groups is 2. The van der Waals surface area contributed by atoms with Crippen LogP contribution in [0.4, 0.5) is 0 Å². The summed E-state index contributed by atoms with van der Waals surface area (Å²) in [6.07, 6.45) is 2.19. The van der Waals surface area contributed by atoms with Gasteiger partial charge < -0.3 is 9.94 Å². The van der Waals surface area contributed by atoms with Crippen LogP contribution in [-0.2, 0) is 9.63 Å². The molecule has 0 radical (unpaired) electrons. The first-order valence-electron chi connectivity index (χ1n) is 7.99. The minimum Gasteiger partial charge on any atom is -0.508 e. The molecule has 0 aromatic heterocycles. The molecule has 1 fully saturated rings. The molecule has 0 amide bonds. The normalized spacial score (nSPS) is 24.0. The number of hydrogen-bond donors (Lipinski definition) is 1. The maximum atomic E-state index is 11.9. The third kappa shape index (κ3) is 2.98. The van der Waals surface area contributed by atoms with Crippen molar-refractivity contribution in [1.29, 1.82) is 0 Å². The molecule has 0 saturated carbocycles. The first-order chi connectivity index (χ1) is 10.2. The van der Waals surface area contributed by atoms with Crippen LogP contribution in [0.25, 0.3) is 0 Å². The standard InChI is InChI=1S/C18H27NO3/c1-6-16(21)22-19-17(2,3)12-11-14(18(19,4)5)13-9-7-8-10-15(13)20/h7-10,14,20H,6,11-12H2,1-5H3. The number of carbonyl (C=O) groups is 1. The van der Waals surface area contributed by atoms with Gasteiger partial charge in [-0.3, -0.25) is 4.79 Å². The highest BCUT2D eigenvalue weighted by Gasteiger charge is 2.50. The van der Waals surface area contributed by atoms with Gasteiger partial charge >= 0.3 is 5.97 Å². The van der Waals surface area contributed by atoms with Crippen LogP contribution < -0.4 is 0 Å². The summed E-state index contributed by atoms with van der Waals surface area (Å²) < 4.78 is 0. The summed E-state index contributed by atoms with van der Waals surface area (Å²) in [6, 6.07) is 7.44. The van der Waals surface area contributed by atoms with Crippen molar-refractivity contribution in [2.45, 2.75) is 70.9 Å². The Morgan fingerprint density at radius 1 is 1.32 bits per heavy atom. The molecule has 4 nitrogen and oxygen atoms in total. The van der Waals surface area contributed by atoms with Crippen molar-refractivity contribution in [3.05, 3.63) is 29.8 Å². The number of para-hydroxylation sites is 1. The van der Waals surface area contributed by atoms with Crippen molar-refractivity contribution >= 4 is 5.97 Å². The van der Waals surface area contributed by atoms with Crippen LogP contribution in [0.15, 0.2) is 24.3 Å². The minimum atomic E-state index is -0.397. The van der Waals surface area contributed by atoms with Gasteiger partial charge in [-0.2, -0.15) is 0 Å². The number of rotatable bonds is 3. The van der Waals surface area contributed by atoms with Crippen LogP contribution >= 0.6 is 0 Å². The Bertz CT molecular complexity index is 551. The summed E-state index contributed by atoms with van der Waals surface area (Å²) in [5.74, 6) is 0.188. The summed E-state index contributed by atoms with van der Waals surface area (Å²) >= 11 is 0. The molecule has 1 aliphatic heterocycles. The number of nitrogens with zero attached hydrogens (tertiary/aromatic N) is 1. The van der Waals surface area contributed by atoms with Gasteiger partial charge in [0, 0.05) is 12.3 Å². The van der Waals surface area contributed by atoms with Crippen molar-refractivity contribution in [2.24, 2.45) is 0 Å². The van der Waals surface area contributed by atoms with Gasteiger partial charge in [0.15, 0.2) is 0 Å². The summed E-state index contributed by atoms with van der Waals surface area (Å²) in [5, 5.41) is 12.1. The maximum absolute atomic E-state index is 11.9. The van der Waals surface area contributed by atoms with Gasteiger partial charge in [-0.15, -0.1) is 5.06 Å². The molecule has 1 aliphatic rings. The van der Waals surface area contributed by atoms with E-state index < -0.39 is 5.54 Å². The largest absolute Gasteiger partial charge is 0.508 e. The van der Waals surface area contributed by atoms with Gasteiger partial charge in [-0.1, -0.05) is 25.1 Å². The molecule has 0 bridgehead atoms. The highest BCUT2D eigenvalue weighted by molar-refractivity contribution is 5.68. The molecule has 4 heteroatoms. The molecule has 0 spiro atoms. The Kier molecular flexibility index (Phi) is 4.52. The molecule has 1 atom stereocenters. The molecule has 1 N–H and O–H groups in total. The monoisotopic (exact) mass is 305 g/mol. The van der Waals surface area contributed by atoms with Crippen LogP contribution in [0.1, 0.15) is 65.4 Å². The van der Waals surface area contributed by atoms with Crippen molar-refractivity contribution in [1.82, 2.24) is 5.06 Å². The molecular formula is C18H27NO3. The SMILES string of the molecule is CCC(=O)ON1C(C)(C)CCC(c2ccccc2O)C1(C)C.